The van der Waals surface area contributed by atoms with Gasteiger partial charge in [0.05, 0.1) is 10.4 Å². The molecule has 1 amide bonds. The maximum absolute atomic E-state index is 12.5. The van der Waals surface area contributed by atoms with Crippen molar-refractivity contribution < 1.29 is 14.3 Å². The maximum Gasteiger partial charge on any atom is 0.342 e. The Hall–Kier alpha value is -1.60. The van der Waals surface area contributed by atoms with Crippen molar-refractivity contribution in [3.8, 4) is 0 Å². The second-order valence-corrected chi connectivity index (χ2v) is 7.24. The van der Waals surface area contributed by atoms with Gasteiger partial charge in [0.1, 0.15) is 10.6 Å². The molecule has 1 heterocycles. The number of carbonyl (C=O) groups is 2. The Balaban J connectivity index is 3.35. The molecular formula is C16H27N3O3S. The van der Waals surface area contributed by atoms with Crippen LogP contribution in [0.25, 0.3) is 0 Å². The minimum Gasteiger partial charge on any atom is -0.456 e. The van der Waals surface area contributed by atoms with Crippen molar-refractivity contribution in [3.05, 3.63) is 16.0 Å². The fourth-order valence-electron chi connectivity index (χ4n) is 2.16. The van der Waals surface area contributed by atoms with E-state index >= 15 is 0 Å². The van der Waals surface area contributed by atoms with Crippen LogP contribution < -0.4 is 11.1 Å². The van der Waals surface area contributed by atoms with E-state index in [1.165, 1.54) is 0 Å². The summed E-state index contributed by atoms with van der Waals surface area (Å²) >= 11 is 1.13. The van der Waals surface area contributed by atoms with Crippen LogP contribution in [0.4, 0.5) is 5.00 Å². The Morgan fingerprint density at radius 2 is 1.83 bits per heavy atom. The normalized spacial score (nSPS) is 11.6. The first-order chi connectivity index (χ1) is 10.6. The lowest BCUT2D eigenvalue weighted by atomic mass is 10.1. The number of thiophene rings is 1. The van der Waals surface area contributed by atoms with Crippen molar-refractivity contribution in [2.45, 2.75) is 46.8 Å². The summed E-state index contributed by atoms with van der Waals surface area (Å²) in [4.78, 5) is 27.3. The number of anilines is 1. The van der Waals surface area contributed by atoms with Gasteiger partial charge in [0.25, 0.3) is 5.91 Å². The molecule has 1 aromatic rings. The van der Waals surface area contributed by atoms with Gasteiger partial charge in [0.2, 0.25) is 0 Å². The number of ether oxygens (including phenoxy) is 1. The highest BCUT2D eigenvalue weighted by Crippen LogP contribution is 2.33. The first kappa shape index (κ1) is 19.4. The fraction of sp³-hybridized carbons (Fsp3) is 0.625. The van der Waals surface area contributed by atoms with Crippen molar-refractivity contribution in [2.75, 3.05) is 25.9 Å². The number of hydrogen-bond acceptors (Lipinski definition) is 6. The molecule has 0 saturated heterocycles. The molecule has 0 radical (unpaired) electrons. The lowest BCUT2D eigenvalue weighted by Gasteiger charge is -2.22. The Labute approximate surface area is 142 Å². The van der Waals surface area contributed by atoms with E-state index in [2.05, 4.69) is 10.2 Å². The van der Waals surface area contributed by atoms with E-state index in [-0.39, 0.29) is 5.91 Å². The van der Waals surface area contributed by atoms with Crippen LogP contribution in [-0.2, 0) is 11.3 Å². The zero-order chi connectivity index (χ0) is 17.8. The summed E-state index contributed by atoms with van der Waals surface area (Å²) in [6, 6.07) is 0. The minimum absolute atomic E-state index is 0.237. The molecule has 23 heavy (non-hydrogen) atoms. The molecule has 1 aromatic heterocycles. The van der Waals surface area contributed by atoms with Crippen molar-refractivity contribution in [2.24, 2.45) is 0 Å². The predicted molar refractivity (Wildman–Crippen MR) is 93.9 cm³/mol. The van der Waals surface area contributed by atoms with Crippen LogP contribution in [-0.4, -0.2) is 42.5 Å². The second-order valence-electron chi connectivity index (χ2n) is 6.19. The highest BCUT2D eigenvalue weighted by molar-refractivity contribution is 7.18. The monoisotopic (exact) mass is 341 g/mol. The smallest absolute Gasteiger partial charge is 0.342 e. The molecule has 0 bridgehead atoms. The third-order valence-electron chi connectivity index (χ3n) is 3.35. The molecule has 0 aromatic carbocycles. The van der Waals surface area contributed by atoms with E-state index in [1.807, 2.05) is 13.8 Å². The van der Waals surface area contributed by atoms with Crippen molar-refractivity contribution in [1.29, 1.82) is 0 Å². The zero-order valence-corrected chi connectivity index (χ0v) is 15.6. The number of esters is 1. The first-order valence-electron chi connectivity index (χ1n) is 7.73. The quantitative estimate of drug-likeness (QED) is 0.777. The number of rotatable bonds is 6. The fourth-order valence-corrected chi connectivity index (χ4v) is 3.17. The van der Waals surface area contributed by atoms with Gasteiger partial charge in [-0.1, -0.05) is 13.8 Å². The molecule has 130 valence electrons. The molecule has 0 aliphatic rings. The number of nitrogen functional groups attached to an aromatic ring is 1. The summed E-state index contributed by atoms with van der Waals surface area (Å²) in [5.41, 5.74) is 6.37. The van der Waals surface area contributed by atoms with E-state index in [0.29, 0.717) is 27.5 Å². The number of nitrogens with two attached hydrogens (primary N) is 1. The third kappa shape index (κ3) is 4.94. The first-order valence-corrected chi connectivity index (χ1v) is 8.55. The highest BCUT2D eigenvalue weighted by atomic mass is 32.1. The lowest BCUT2D eigenvalue weighted by molar-refractivity contribution is 0.00693. The molecule has 1 rings (SSSR count). The van der Waals surface area contributed by atoms with Crippen molar-refractivity contribution >= 4 is 28.2 Å². The maximum atomic E-state index is 12.5. The lowest BCUT2D eigenvalue weighted by Crippen LogP contribution is -2.28. The molecule has 7 heteroatoms. The predicted octanol–water partition coefficient (Wildman–Crippen LogP) is 2.49. The molecule has 0 aliphatic carbocycles. The van der Waals surface area contributed by atoms with E-state index in [4.69, 9.17) is 10.5 Å². The number of carbonyl (C=O) groups excluding carboxylic acids is 2. The standard InChI is InChI=1S/C16H27N3O3S/c1-7-19(8-2)9-10-11(15(21)22-16(3,4)5)13(17)23-12(10)14(20)18-6/h7-9,17H2,1-6H3,(H,18,20). The van der Waals surface area contributed by atoms with Gasteiger partial charge in [0, 0.05) is 19.2 Å². The largest absolute Gasteiger partial charge is 0.456 e. The van der Waals surface area contributed by atoms with Gasteiger partial charge in [-0.3, -0.25) is 9.69 Å². The average Bonchev–Trinajstić information content (AvgIpc) is 2.78. The molecule has 6 nitrogen and oxygen atoms in total. The van der Waals surface area contributed by atoms with Gasteiger partial charge in [0.15, 0.2) is 0 Å². The van der Waals surface area contributed by atoms with E-state index in [0.717, 1.165) is 24.4 Å². The number of nitrogens with zero attached hydrogens (tertiary/aromatic N) is 1. The van der Waals surface area contributed by atoms with Gasteiger partial charge >= 0.3 is 5.97 Å². The molecular weight excluding hydrogens is 314 g/mol. The van der Waals surface area contributed by atoms with Crippen LogP contribution in [0, 0.1) is 0 Å². The van der Waals surface area contributed by atoms with Gasteiger partial charge in [-0.15, -0.1) is 11.3 Å². The topological polar surface area (TPSA) is 84.7 Å². The number of amides is 1. The van der Waals surface area contributed by atoms with Crippen LogP contribution in [0.3, 0.4) is 0 Å². The van der Waals surface area contributed by atoms with Crippen LogP contribution in [0.1, 0.15) is 60.2 Å². The van der Waals surface area contributed by atoms with E-state index < -0.39 is 11.6 Å². The van der Waals surface area contributed by atoms with Gasteiger partial charge in [-0.2, -0.15) is 0 Å². The van der Waals surface area contributed by atoms with Gasteiger partial charge < -0.3 is 15.8 Å². The molecule has 3 N–H and O–H groups in total. The van der Waals surface area contributed by atoms with E-state index in [9.17, 15) is 9.59 Å². The third-order valence-corrected chi connectivity index (χ3v) is 4.41. The van der Waals surface area contributed by atoms with E-state index in [1.54, 1.807) is 27.8 Å². The molecule has 0 saturated carbocycles. The van der Waals surface area contributed by atoms with Crippen molar-refractivity contribution in [1.82, 2.24) is 10.2 Å². The SMILES string of the molecule is CCN(CC)Cc1c(C(=O)NC)sc(N)c1C(=O)OC(C)(C)C. The molecule has 0 aliphatic heterocycles. The van der Waals surface area contributed by atoms with Crippen LogP contribution in [0.15, 0.2) is 0 Å². The summed E-state index contributed by atoms with van der Waals surface area (Å²) in [6.07, 6.45) is 0. The Morgan fingerprint density at radius 1 is 1.26 bits per heavy atom. The van der Waals surface area contributed by atoms with Crippen LogP contribution in [0.5, 0.6) is 0 Å². The number of hydrogen-bond donors (Lipinski definition) is 2. The summed E-state index contributed by atoms with van der Waals surface area (Å²) < 4.78 is 5.46. The minimum atomic E-state index is -0.620. The van der Waals surface area contributed by atoms with Gasteiger partial charge in [-0.05, 0) is 33.9 Å². The molecule has 0 spiro atoms. The molecule has 0 fully saturated rings. The average molecular weight is 341 g/mol. The van der Waals surface area contributed by atoms with Crippen molar-refractivity contribution in [3.63, 3.8) is 0 Å². The van der Waals surface area contributed by atoms with Crippen LogP contribution >= 0.6 is 11.3 Å². The highest BCUT2D eigenvalue weighted by Gasteiger charge is 2.29. The summed E-state index contributed by atoms with van der Waals surface area (Å²) in [7, 11) is 1.56. The Kier molecular flexibility index (Phi) is 6.58. The molecule has 0 atom stereocenters. The van der Waals surface area contributed by atoms with Crippen LogP contribution in [0.2, 0.25) is 0 Å². The summed E-state index contributed by atoms with van der Waals surface area (Å²) in [6.45, 7) is 11.6. The molecule has 0 unspecified atom stereocenters. The summed E-state index contributed by atoms with van der Waals surface area (Å²) in [5, 5.41) is 2.92. The Bertz CT molecular complexity index is 572. The second kappa shape index (κ2) is 7.79. The number of nitrogens with one attached hydrogen (secondary N) is 1. The summed E-state index contributed by atoms with van der Waals surface area (Å²) in [5.74, 6) is -0.720. The Morgan fingerprint density at radius 3 is 2.26 bits per heavy atom. The zero-order valence-electron chi connectivity index (χ0n) is 14.8. The van der Waals surface area contributed by atoms with Gasteiger partial charge in [-0.25, -0.2) is 4.79 Å².